The standard InChI is InChI=1S/C7H11BrN2O2/c8-10-2-1-5-6(3-10)12-4-7(11)9-5/h5-6H,1-4H2,(H,9,11)/t5?,6-/m0/s1. The number of nitrogens with zero attached hydrogens (tertiary/aromatic N) is 1. The summed E-state index contributed by atoms with van der Waals surface area (Å²) in [6.45, 7) is 2.03. The highest BCUT2D eigenvalue weighted by molar-refractivity contribution is 9.07. The van der Waals surface area contributed by atoms with Gasteiger partial charge in [0.05, 0.1) is 12.1 Å². The molecule has 0 saturated carbocycles. The quantitative estimate of drug-likeness (QED) is 0.595. The third kappa shape index (κ3) is 1.62. The summed E-state index contributed by atoms with van der Waals surface area (Å²) in [5, 5.41) is 2.93. The molecular formula is C7H11BrN2O2. The van der Waals surface area contributed by atoms with Crippen molar-refractivity contribution in [2.45, 2.75) is 18.6 Å². The third-order valence-electron chi connectivity index (χ3n) is 2.28. The number of amides is 1. The van der Waals surface area contributed by atoms with E-state index in [1.54, 1.807) is 0 Å². The van der Waals surface area contributed by atoms with Crippen LogP contribution in [0.3, 0.4) is 0 Å². The molecule has 0 aromatic rings. The van der Waals surface area contributed by atoms with E-state index >= 15 is 0 Å². The van der Waals surface area contributed by atoms with Crippen LogP contribution in [0.1, 0.15) is 6.42 Å². The Balaban J connectivity index is 1.98. The molecule has 12 heavy (non-hydrogen) atoms. The molecule has 4 nitrogen and oxygen atoms in total. The van der Waals surface area contributed by atoms with Crippen LogP contribution >= 0.6 is 16.1 Å². The van der Waals surface area contributed by atoms with Gasteiger partial charge in [0.15, 0.2) is 0 Å². The molecule has 2 atom stereocenters. The average Bonchev–Trinajstić information content (AvgIpc) is 2.05. The zero-order chi connectivity index (χ0) is 8.55. The van der Waals surface area contributed by atoms with Crippen molar-refractivity contribution in [3.05, 3.63) is 0 Å². The minimum atomic E-state index is 0.0132. The normalized spacial score (nSPS) is 37.2. The minimum Gasteiger partial charge on any atom is -0.365 e. The number of rotatable bonds is 0. The van der Waals surface area contributed by atoms with Crippen molar-refractivity contribution < 1.29 is 9.53 Å². The summed E-state index contributed by atoms with van der Waals surface area (Å²) in [6.07, 6.45) is 1.12. The molecule has 1 unspecified atom stereocenters. The summed E-state index contributed by atoms with van der Waals surface area (Å²) in [5.41, 5.74) is 0. The van der Waals surface area contributed by atoms with Gasteiger partial charge in [0.2, 0.25) is 5.91 Å². The highest BCUT2D eigenvalue weighted by Crippen LogP contribution is 2.18. The maximum Gasteiger partial charge on any atom is 0.246 e. The SMILES string of the molecule is O=C1CO[C@H]2CN(Br)CCC2N1. The molecule has 0 aromatic heterocycles. The predicted octanol–water partition coefficient (Wildman–Crippen LogP) is -0.114. The van der Waals surface area contributed by atoms with Crippen LogP contribution in [0.2, 0.25) is 0 Å². The molecule has 0 radical (unpaired) electrons. The Morgan fingerprint density at radius 2 is 2.50 bits per heavy atom. The lowest BCUT2D eigenvalue weighted by Crippen LogP contribution is -2.58. The van der Waals surface area contributed by atoms with Crippen molar-refractivity contribution in [3.8, 4) is 0 Å². The number of hydrogen-bond acceptors (Lipinski definition) is 3. The molecule has 2 aliphatic heterocycles. The lowest BCUT2D eigenvalue weighted by atomic mass is 10.0. The van der Waals surface area contributed by atoms with Crippen LogP contribution in [0.4, 0.5) is 0 Å². The van der Waals surface area contributed by atoms with Crippen molar-refractivity contribution in [2.75, 3.05) is 19.7 Å². The first-order valence-corrected chi connectivity index (χ1v) is 4.78. The Bertz CT molecular complexity index is 200. The Hall–Kier alpha value is -0.130. The highest BCUT2D eigenvalue weighted by atomic mass is 79.9. The van der Waals surface area contributed by atoms with Gasteiger partial charge in [-0.1, -0.05) is 0 Å². The molecule has 5 heteroatoms. The minimum absolute atomic E-state index is 0.0132. The van der Waals surface area contributed by atoms with Gasteiger partial charge in [-0.2, -0.15) is 0 Å². The Kier molecular flexibility index (Phi) is 2.34. The summed E-state index contributed by atoms with van der Waals surface area (Å²) < 4.78 is 7.43. The van der Waals surface area contributed by atoms with E-state index in [0.717, 1.165) is 19.5 Å². The van der Waals surface area contributed by atoms with Crippen LogP contribution in [0.15, 0.2) is 0 Å². The van der Waals surface area contributed by atoms with E-state index < -0.39 is 0 Å². The number of piperidine rings is 1. The number of carbonyl (C=O) groups excluding carboxylic acids is 1. The van der Waals surface area contributed by atoms with Gasteiger partial charge < -0.3 is 10.1 Å². The van der Waals surface area contributed by atoms with E-state index in [1.807, 2.05) is 3.93 Å². The molecule has 2 fully saturated rings. The second-order valence-electron chi connectivity index (χ2n) is 3.18. The average molecular weight is 235 g/mol. The number of ether oxygens (including phenoxy) is 1. The zero-order valence-corrected chi connectivity index (χ0v) is 8.21. The maximum atomic E-state index is 10.9. The van der Waals surface area contributed by atoms with E-state index in [2.05, 4.69) is 21.5 Å². The molecule has 1 N–H and O–H groups in total. The fourth-order valence-electron chi connectivity index (χ4n) is 1.64. The second-order valence-corrected chi connectivity index (χ2v) is 4.18. The first-order chi connectivity index (χ1) is 5.75. The van der Waals surface area contributed by atoms with Gasteiger partial charge in [0.1, 0.15) is 6.61 Å². The molecule has 2 aliphatic rings. The first kappa shape index (κ1) is 8.47. The summed E-state index contributed by atoms with van der Waals surface area (Å²) in [6, 6.07) is 0.222. The number of halogens is 1. The van der Waals surface area contributed by atoms with Crippen LogP contribution in [-0.2, 0) is 9.53 Å². The highest BCUT2D eigenvalue weighted by Gasteiger charge is 2.33. The lowest BCUT2D eigenvalue weighted by molar-refractivity contribution is -0.138. The molecule has 0 aromatic carbocycles. The third-order valence-corrected chi connectivity index (χ3v) is 2.93. The lowest BCUT2D eigenvalue weighted by Gasteiger charge is -2.38. The fourth-order valence-corrected chi connectivity index (χ4v) is 2.13. The zero-order valence-electron chi connectivity index (χ0n) is 6.62. The van der Waals surface area contributed by atoms with Crippen molar-refractivity contribution in [2.24, 2.45) is 0 Å². The summed E-state index contributed by atoms with van der Waals surface area (Å²) >= 11 is 3.41. The Morgan fingerprint density at radius 3 is 3.33 bits per heavy atom. The molecule has 2 heterocycles. The number of fused-ring (bicyclic) bond motifs is 1. The molecule has 1 amide bonds. The van der Waals surface area contributed by atoms with Gasteiger partial charge in [-0.25, -0.2) is 3.93 Å². The van der Waals surface area contributed by atoms with Crippen molar-refractivity contribution >= 4 is 22.1 Å². The summed E-state index contributed by atoms with van der Waals surface area (Å²) in [4.78, 5) is 10.9. The van der Waals surface area contributed by atoms with Crippen molar-refractivity contribution in [1.82, 2.24) is 9.24 Å². The van der Waals surface area contributed by atoms with Crippen molar-refractivity contribution in [1.29, 1.82) is 0 Å². The van der Waals surface area contributed by atoms with Gasteiger partial charge >= 0.3 is 0 Å². The van der Waals surface area contributed by atoms with E-state index in [9.17, 15) is 4.79 Å². The van der Waals surface area contributed by atoms with E-state index in [-0.39, 0.29) is 24.7 Å². The van der Waals surface area contributed by atoms with Crippen LogP contribution in [0.5, 0.6) is 0 Å². The van der Waals surface area contributed by atoms with Crippen LogP contribution < -0.4 is 5.32 Å². The van der Waals surface area contributed by atoms with E-state index in [4.69, 9.17) is 4.74 Å². The van der Waals surface area contributed by atoms with E-state index in [1.165, 1.54) is 0 Å². The molecule has 0 bridgehead atoms. The largest absolute Gasteiger partial charge is 0.365 e. The maximum absolute atomic E-state index is 10.9. The van der Waals surface area contributed by atoms with E-state index in [0.29, 0.717) is 0 Å². The van der Waals surface area contributed by atoms with Crippen molar-refractivity contribution in [3.63, 3.8) is 0 Å². The van der Waals surface area contributed by atoms with Gasteiger partial charge in [-0.15, -0.1) is 0 Å². The predicted molar refractivity (Wildman–Crippen MR) is 46.8 cm³/mol. The molecule has 2 saturated heterocycles. The monoisotopic (exact) mass is 234 g/mol. The van der Waals surface area contributed by atoms with Crippen LogP contribution in [0, 0.1) is 0 Å². The smallest absolute Gasteiger partial charge is 0.246 e. The summed E-state index contributed by atoms with van der Waals surface area (Å²) in [5.74, 6) is 0.0132. The van der Waals surface area contributed by atoms with Gasteiger partial charge in [-0.05, 0) is 6.42 Å². The first-order valence-electron chi connectivity index (χ1n) is 4.07. The van der Waals surface area contributed by atoms with Crippen LogP contribution in [0.25, 0.3) is 0 Å². The number of carbonyl (C=O) groups is 1. The topological polar surface area (TPSA) is 41.6 Å². The van der Waals surface area contributed by atoms with Crippen LogP contribution in [-0.4, -0.2) is 41.7 Å². The molecule has 0 spiro atoms. The molecule has 2 rings (SSSR count). The Morgan fingerprint density at radius 1 is 1.67 bits per heavy atom. The van der Waals surface area contributed by atoms with Gasteiger partial charge in [0.25, 0.3) is 0 Å². The van der Waals surface area contributed by atoms with Gasteiger partial charge in [0, 0.05) is 29.2 Å². The summed E-state index contributed by atoms with van der Waals surface area (Å²) in [7, 11) is 0. The molecular weight excluding hydrogens is 224 g/mol. The Labute approximate surface area is 79.6 Å². The van der Waals surface area contributed by atoms with Gasteiger partial charge in [-0.3, -0.25) is 4.79 Å². The number of hydrogen-bond donors (Lipinski definition) is 1. The number of nitrogens with one attached hydrogen (secondary N) is 1. The number of morpholine rings is 1. The second kappa shape index (κ2) is 3.32. The fraction of sp³-hybridized carbons (Fsp3) is 0.857. The molecule has 0 aliphatic carbocycles. The molecule has 68 valence electrons.